The van der Waals surface area contributed by atoms with Gasteiger partial charge in [0.1, 0.15) is 5.01 Å². The van der Waals surface area contributed by atoms with E-state index in [9.17, 15) is 0 Å². The molecule has 0 saturated carbocycles. The molecule has 0 spiro atoms. The van der Waals surface area contributed by atoms with E-state index in [0.29, 0.717) is 6.54 Å². The van der Waals surface area contributed by atoms with E-state index in [1.165, 1.54) is 0 Å². The van der Waals surface area contributed by atoms with Gasteiger partial charge in [0.2, 0.25) is 0 Å². The maximum atomic E-state index is 5.83. The monoisotopic (exact) mass is 358 g/mol. The van der Waals surface area contributed by atoms with Gasteiger partial charge in [-0.1, -0.05) is 30.3 Å². The number of hydrogen-bond acceptors (Lipinski definition) is 4. The molecule has 134 valence electrons. The summed E-state index contributed by atoms with van der Waals surface area (Å²) < 4.78 is 5.83. The SMILES string of the molecule is CCNC(=NCc1csc(-c2ccccc2)n1)NCC1(C)CCCO1. The number of guanidine groups is 1. The topological polar surface area (TPSA) is 58.5 Å². The van der Waals surface area contributed by atoms with E-state index in [1.807, 2.05) is 18.2 Å². The average molecular weight is 359 g/mol. The summed E-state index contributed by atoms with van der Waals surface area (Å²) in [6.07, 6.45) is 2.22. The van der Waals surface area contributed by atoms with E-state index in [-0.39, 0.29) is 5.60 Å². The molecule has 1 aromatic carbocycles. The Bertz CT molecular complexity index is 692. The van der Waals surface area contributed by atoms with Crippen molar-refractivity contribution < 1.29 is 4.74 Å². The van der Waals surface area contributed by atoms with Gasteiger partial charge in [0.05, 0.1) is 17.8 Å². The number of hydrogen-bond donors (Lipinski definition) is 2. The first-order valence-electron chi connectivity index (χ1n) is 8.84. The zero-order valence-electron chi connectivity index (χ0n) is 14.9. The number of nitrogens with zero attached hydrogens (tertiary/aromatic N) is 2. The Morgan fingerprint density at radius 1 is 1.32 bits per heavy atom. The highest BCUT2D eigenvalue weighted by Crippen LogP contribution is 2.24. The van der Waals surface area contributed by atoms with Crippen molar-refractivity contribution in [2.75, 3.05) is 19.7 Å². The molecule has 25 heavy (non-hydrogen) atoms. The minimum atomic E-state index is -0.0860. The minimum absolute atomic E-state index is 0.0860. The molecule has 1 unspecified atom stereocenters. The van der Waals surface area contributed by atoms with Crippen molar-refractivity contribution in [2.24, 2.45) is 4.99 Å². The second kappa shape index (κ2) is 8.45. The third kappa shape index (κ3) is 5.03. The molecule has 1 saturated heterocycles. The molecule has 0 radical (unpaired) electrons. The van der Waals surface area contributed by atoms with E-state index in [2.05, 4.69) is 47.0 Å². The van der Waals surface area contributed by atoms with Crippen LogP contribution < -0.4 is 10.6 Å². The number of thiazole rings is 1. The van der Waals surface area contributed by atoms with Gasteiger partial charge < -0.3 is 15.4 Å². The Labute approximate surface area is 153 Å². The van der Waals surface area contributed by atoms with Crippen molar-refractivity contribution in [3.8, 4) is 10.6 Å². The molecule has 1 atom stereocenters. The van der Waals surface area contributed by atoms with Crippen LogP contribution in [0.4, 0.5) is 0 Å². The van der Waals surface area contributed by atoms with Crippen LogP contribution >= 0.6 is 11.3 Å². The lowest BCUT2D eigenvalue weighted by atomic mass is 10.0. The molecular weight excluding hydrogens is 332 g/mol. The van der Waals surface area contributed by atoms with Gasteiger partial charge in [-0.3, -0.25) is 0 Å². The number of rotatable bonds is 6. The van der Waals surface area contributed by atoms with Crippen LogP contribution in [0.15, 0.2) is 40.7 Å². The van der Waals surface area contributed by atoms with Crippen LogP contribution in [-0.2, 0) is 11.3 Å². The summed E-state index contributed by atoms with van der Waals surface area (Å²) in [5.74, 6) is 0.813. The van der Waals surface area contributed by atoms with Crippen LogP contribution in [0.25, 0.3) is 10.6 Å². The van der Waals surface area contributed by atoms with Gasteiger partial charge in [-0.25, -0.2) is 9.98 Å². The van der Waals surface area contributed by atoms with Crippen molar-refractivity contribution in [1.82, 2.24) is 15.6 Å². The summed E-state index contributed by atoms with van der Waals surface area (Å²) in [6, 6.07) is 10.3. The summed E-state index contributed by atoms with van der Waals surface area (Å²) in [5, 5.41) is 9.81. The smallest absolute Gasteiger partial charge is 0.191 e. The predicted molar refractivity (Wildman–Crippen MR) is 104 cm³/mol. The highest BCUT2D eigenvalue weighted by atomic mass is 32.1. The summed E-state index contributed by atoms with van der Waals surface area (Å²) >= 11 is 1.66. The van der Waals surface area contributed by atoms with Gasteiger partial charge in [0.15, 0.2) is 5.96 Å². The molecule has 1 fully saturated rings. The molecule has 2 aromatic rings. The second-order valence-electron chi connectivity index (χ2n) is 6.46. The van der Waals surface area contributed by atoms with Crippen molar-refractivity contribution in [3.05, 3.63) is 41.4 Å². The van der Waals surface area contributed by atoms with Crippen molar-refractivity contribution in [2.45, 2.75) is 38.8 Å². The molecule has 0 aliphatic carbocycles. The number of aromatic nitrogens is 1. The van der Waals surface area contributed by atoms with E-state index in [1.54, 1.807) is 11.3 Å². The Morgan fingerprint density at radius 3 is 2.88 bits per heavy atom. The zero-order chi connectivity index (χ0) is 17.5. The third-order valence-electron chi connectivity index (χ3n) is 4.25. The quantitative estimate of drug-likeness (QED) is 0.613. The van der Waals surface area contributed by atoms with E-state index in [0.717, 1.165) is 54.8 Å². The first-order chi connectivity index (χ1) is 12.2. The Balaban J connectivity index is 1.60. The van der Waals surface area contributed by atoms with Crippen molar-refractivity contribution in [1.29, 1.82) is 0 Å². The van der Waals surface area contributed by atoms with Crippen LogP contribution in [0.3, 0.4) is 0 Å². The van der Waals surface area contributed by atoms with Gasteiger partial charge >= 0.3 is 0 Å². The minimum Gasteiger partial charge on any atom is -0.373 e. The van der Waals surface area contributed by atoms with E-state index >= 15 is 0 Å². The van der Waals surface area contributed by atoms with Crippen molar-refractivity contribution >= 4 is 17.3 Å². The number of ether oxygens (including phenoxy) is 1. The molecule has 0 bridgehead atoms. The maximum Gasteiger partial charge on any atom is 0.191 e. The fourth-order valence-electron chi connectivity index (χ4n) is 2.84. The van der Waals surface area contributed by atoms with Crippen LogP contribution in [0, 0.1) is 0 Å². The molecule has 5 nitrogen and oxygen atoms in total. The molecule has 1 aliphatic heterocycles. The van der Waals surface area contributed by atoms with Crippen molar-refractivity contribution in [3.63, 3.8) is 0 Å². The Morgan fingerprint density at radius 2 is 2.16 bits per heavy atom. The summed E-state index contributed by atoms with van der Waals surface area (Å²) in [7, 11) is 0. The molecule has 2 heterocycles. The van der Waals surface area contributed by atoms with Gasteiger partial charge in [-0.15, -0.1) is 11.3 Å². The molecule has 1 aromatic heterocycles. The number of aliphatic imine (C=N–C) groups is 1. The molecule has 3 rings (SSSR count). The largest absolute Gasteiger partial charge is 0.373 e. The fraction of sp³-hybridized carbons (Fsp3) is 0.474. The molecule has 1 aliphatic rings. The summed E-state index contributed by atoms with van der Waals surface area (Å²) in [5.41, 5.74) is 2.06. The van der Waals surface area contributed by atoms with Crippen LogP contribution in [0.1, 0.15) is 32.4 Å². The number of benzene rings is 1. The second-order valence-corrected chi connectivity index (χ2v) is 7.32. The van der Waals surface area contributed by atoms with Crippen LogP contribution in [-0.4, -0.2) is 36.2 Å². The van der Waals surface area contributed by atoms with E-state index < -0.39 is 0 Å². The van der Waals surface area contributed by atoms with Gasteiger partial charge in [0.25, 0.3) is 0 Å². The highest BCUT2D eigenvalue weighted by molar-refractivity contribution is 7.13. The normalized spacial score (nSPS) is 20.6. The average Bonchev–Trinajstić information content (AvgIpc) is 3.28. The Kier molecular flexibility index (Phi) is 6.04. The molecular formula is C19H26N4OS. The van der Waals surface area contributed by atoms with Gasteiger partial charge in [-0.05, 0) is 26.7 Å². The molecule has 2 N–H and O–H groups in total. The zero-order valence-corrected chi connectivity index (χ0v) is 15.7. The van der Waals surface area contributed by atoms with Crippen LogP contribution in [0.5, 0.6) is 0 Å². The fourth-order valence-corrected chi connectivity index (χ4v) is 3.66. The lowest BCUT2D eigenvalue weighted by molar-refractivity contribution is 0.0243. The lowest BCUT2D eigenvalue weighted by Gasteiger charge is -2.24. The van der Waals surface area contributed by atoms with E-state index in [4.69, 9.17) is 9.72 Å². The third-order valence-corrected chi connectivity index (χ3v) is 5.19. The highest BCUT2D eigenvalue weighted by Gasteiger charge is 2.29. The predicted octanol–water partition coefficient (Wildman–Crippen LogP) is 3.43. The first kappa shape index (κ1) is 17.9. The van der Waals surface area contributed by atoms with Crippen LogP contribution in [0.2, 0.25) is 0 Å². The summed E-state index contributed by atoms with van der Waals surface area (Å²) in [4.78, 5) is 9.36. The van der Waals surface area contributed by atoms with Gasteiger partial charge in [0, 0.05) is 30.6 Å². The standard InChI is InChI=1S/C19H26N4OS/c1-3-20-18(22-14-19(2)10-7-11-24-19)21-12-16-13-25-17(23-16)15-8-5-4-6-9-15/h4-6,8-9,13H,3,7,10-12,14H2,1-2H3,(H2,20,21,22). The number of nitrogens with one attached hydrogen (secondary N) is 2. The summed E-state index contributed by atoms with van der Waals surface area (Å²) in [6.45, 7) is 7.24. The lowest BCUT2D eigenvalue weighted by Crippen LogP contribution is -2.45. The Hall–Kier alpha value is -1.92. The molecule has 0 amide bonds. The molecule has 6 heteroatoms. The maximum absolute atomic E-state index is 5.83. The first-order valence-corrected chi connectivity index (χ1v) is 9.72. The van der Waals surface area contributed by atoms with Gasteiger partial charge in [-0.2, -0.15) is 0 Å².